The first-order valence-corrected chi connectivity index (χ1v) is 6.40. The fraction of sp³-hybridized carbons (Fsp3) is 0.571. The highest BCUT2D eigenvalue weighted by Crippen LogP contribution is 2.20. The molecule has 1 rings (SSSR count). The van der Waals surface area contributed by atoms with E-state index < -0.39 is 0 Å². The molecule has 1 aromatic heterocycles. The van der Waals surface area contributed by atoms with Gasteiger partial charge in [-0.3, -0.25) is 9.78 Å². The van der Waals surface area contributed by atoms with Crippen LogP contribution in [0.4, 0.5) is 0 Å². The molecular formula is C14H23N3O. The summed E-state index contributed by atoms with van der Waals surface area (Å²) >= 11 is 0. The third-order valence-electron chi connectivity index (χ3n) is 2.96. The average molecular weight is 249 g/mol. The summed E-state index contributed by atoms with van der Waals surface area (Å²) in [6, 6.07) is 2.20. The monoisotopic (exact) mass is 249 g/mol. The summed E-state index contributed by atoms with van der Waals surface area (Å²) in [5, 5.41) is 6.01. The van der Waals surface area contributed by atoms with Crippen LogP contribution >= 0.6 is 0 Å². The SMILES string of the molecule is CCNC(=O)CNC(C)c1c(C)cc(C)nc1C. The zero-order valence-corrected chi connectivity index (χ0v) is 11.9. The number of hydrogen-bond donors (Lipinski definition) is 2. The Bertz CT molecular complexity index is 406. The minimum absolute atomic E-state index is 0.0275. The lowest BCUT2D eigenvalue weighted by Gasteiger charge is -2.18. The van der Waals surface area contributed by atoms with Gasteiger partial charge < -0.3 is 10.6 Å². The molecule has 2 N–H and O–H groups in total. The molecule has 4 heteroatoms. The smallest absolute Gasteiger partial charge is 0.233 e. The zero-order valence-electron chi connectivity index (χ0n) is 11.9. The van der Waals surface area contributed by atoms with Crippen LogP contribution in [0, 0.1) is 20.8 Å². The summed E-state index contributed by atoms with van der Waals surface area (Å²) < 4.78 is 0. The van der Waals surface area contributed by atoms with Crippen molar-refractivity contribution in [3.63, 3.8) is 0 Å². The van der Waals surface area contributed by atoms with Crippen molar-refractivity contribution in [1.29, 1.82) is 0 Å². The van der Waals surface area contributed by atoms with Crippen LogP contribution in [0.3, 0.4) is 0 Å². The Kier molecular flexibility index (Phi) is 5.28. The van der Waals surface area contributed by atoms with Gasteiger partial charge in [-0.2, -0.15) is 0 Å². The summed E-state index contributed by atoms with van der Waals surface area (Å²) in [6.07, 6.45) is 0. The summed E-state index contributed by atoms with van der Waals surface area (Å²) in [4.78, 5) is 15.9. The molecule has 0 saturated heterocycles. The molecule has 0 saturated carbocycles. The van der Waals surface area contributed by atoms with E-state index in [0.29, 0.717) is 13.1 Å². The van der Waals surface area contributed by atoms with Crippen molar-refractivity contribution in [2.75, 3.05) is 13.1 Å². The van der Waals surface area contributed by atoms with Gasteiger partial charge in [0.2, 0.25) is 5.91 Å². The Morgan fingerprint density at radius 1 is 1.39 bits per heavy atom. The summed E-state index contributed by atoms with van der Waals surface area (Å²) in [7, 11) is 0. The number of aromatic nitrogens is 1. The number of aryl methyl sites for hydroxylation is 3. The fourth-order valence-electron chi connectivity index (χ4n) is 2.30. The Morgan fingerprint density at radius 3 is 2.61 bits per heavy atom. The molecule has 0 aliphatic rings. The number of nitrogens with zero attached hydrogens (tertiary/aromatic N) is 1. The highest BCUT2D eigenvalue weighted by Gasteiger charge is 2.13. The lowest BCUT2D eigenvalue weighted by molar-refractivity contribution is -0.120. The maximum absolute atomic E-state index is 11.4. The van der Waals surface area contributed by atoms with Crippen molar-refractivity contribution in [2.24, 2.45) is 0 Å². The summed E-state index contributed by atoms with van der Waals surface area (Å²) in [5.41, 5.74) is 4.47. The van der Waals surface area contributed by atoms with E-state index in [1.54, 1.807) is 0 Å². The summed E-state index contributed by atoms with van der Waals surface area (Å²) in [5.74, 6) is 0.0275. The predicted molar refractivity (Wildman–Crippen MR) is 73.5 cm³/mol. The van der Waals surface area contributed by atoms with E-state index in [1.807, 2.05) is 20.8 Å². The Balaban J connectivity index is 2.73. The van der Waals surface area contributed by atoms with E-state index in [9.17, 15) is 4.79 Å². The Hall–Kier alpha value is -1.42. The minimum Gasteiger partial charge on any atom is -0.355 e. The number of pyridine rings is 1. The van der Waals surface area contributed by atoms with Crippen molar-refractivity contribution in [3.8, 4) is 0 Å². The fourth-order valence-corrected chi connectivity index (χ4v) is 2.30. The number of likely N-dealkylation sites (N-methyl/N-ethyl adjacent to an activating group) is 1. The number of carbonyl (C=O) groups is 1. The van der Waals surface area contributed by atoms with Gasteiger partial charge in [-0.05, 0) is 51.8 Å². The van der Waals surface area contributed by atoms with Crippen molar-refractivity contribution < 1.29 is 4.79 Å². The van der Waals surface area contributed by atoms with Crippen LogP contribution in [0.15, 0.2) is 6.07 Å². The van der Waals surface area contributed by atoms with Gasteiger partial charge >= 0.3 is 0 Å². The van der Waals surface area contributed by atoms with Gasteiger partial charge in [-0.1, -0.05) is 0 Å². The van der Waals surface area contributed by atoms with Crippen molar-refractivity contribution in [3.05, 3.63) is 28.6 Å². The van der Waals surface area contributed by atoms with Gasteiger partial charge in [0.1, 0.15) is 0 Å². The van der Waals surface area contributed by atoms with E-state index in [0.717, 1.165) is 11.4 Å². The molecule has 0 spiro atoms. The lowest BCUT2D eigenvalue weighted by atomic mass is 10.0. The van der Waals surface area contributed by atoms with Crippen LogP contribution in [-0.4, -0.2) is 24.0 Å². The second kappa shape index (κ2) is 6.50. The first kappa shape index (κ1) is 14.6. The molecule has 0 bridgehead atoms. The normalized spacial score (nSPS) is 12.3. The van der Waals surface area contributed by atoms with E-state index in [4.69, 9.17) is 0 Å². The molecule has 1 unspecified atom stereocenters. The second-order valence-electron chi connectivity index (χ2n) is 4.64. The third kappa shape index (κ3) is 3.81. The first-order chi connectivity index (χ1) is 8.45. The van der Waals surface area contributed by atoms with Gasteiger partial charge in [0.25, 0.3) is 0 Å². The maximum atomic E-state index is 11.4. The zero-order chi connectivity index (χ0) is 13.7. The number of rotatable bonds is 5. The predicted octanol–water partition coefficient (Wildman–Crippen LogP) is 1.79. The molecule has 0 aromatic carbocycles. The quantitative estimate of drug-likeness (QED) is 0.836. The number of hydrogen-bond acceptors (Lipinski definition) is 3. The number of nitrogens with one attached hydrogen (secondary N) is 2. The maximum Gasteiger partial charge on any atom is 0.233 e. The van der Waals surface area contributed by atoms with Gasteiger partial charge in [-0.25, -0.2) is 0 Å². The molecule has 100 valence electrons. The van der Waals surface area contributed by atoms with Crippen LogP contribution in [-0.2, 0) is 4.79 Å². The summed E-state index contributed by atoms with van der Waals surface area (Å²) in [6.45, 7) is 11.1. The van der Waals surface area contributed by atoms with Crippen molar-refractivity contribution >= 4 is 5.91 Å². The van der Waals surface area contributed by atoms with Crippen LogP contribution in [0.1, 0.15) is 42.4 Å². The molecule has 1 heterocycles. The molecule has 1 amide bonds. The molecule has 18 heavy (non-hydrogen) atoms. The van der Waals surface area contributed by atoms with Gasteiger partial charge in [0.15, 0.2) is 0 Å². The molecule has 0 aliphatic heterocycles. The topological polar surface area (TPSA) is 54.0 Å². The van der Waals surface area contributed by atoms with E-state index in [-0.39, 0.29) is 11.9 Å². The molecular weight excluding hydrogens is 226 g/mol. The van der Waals surface area contributed by atoms with Gasteiger partial charge in [0.05, 0.1) is 6.54 Å². The van der Waals surface area contributed by atoms with Gasteiger partial charge in [-0.15, -0.1) is 0 Å². The van der Waals surface area contributed by atoms with Crippen LogP contribution in [0.25, 0.3) is 0 Å². The van der Waals surface area contributed by atoms with Crippen LogP contribution < -0.4 is 10.6 Å². The molecule has 0 radical (unpaired) electrons. The van der Waals surface area contributed by atoms with Crippen LogP contribution in [0.2, 0.25) is 0 Å². The Morgan fingerprint density at radius 2 is 2.06 bits per heavy atom. The van der Waals surface area contributed by atoms with Crippen molar-refractivity contribution in [1.82, 2.24) is 15.6 Å². The average Bonchev–Trinajstić information content (AvgIpc) is 2.25. The number of amides is 1. The van der Waals surface area contributed by atoms with E-state index in [2.05, 4.69) is 35.5 Å². The largest absolute Gasteiger partial charge is 0.355 e. The third-order valence-corrected chi connectivity index (χ3v) is 2.96. The first-order valence-electron chi connectivity index (χ1n) is 6.40. The lowest BCUT2D eigenvalue weighted by Crippen LogP contribution is -2.35. The van der Waals surface area contributed by atoms with E-state index >= 15 is 0 Å². The molecule has 1 atom stereocenters. The van der Waals surface area contributed by atoms with Crippen LogP contribution in [0.5, 0.6) is 0 Å². The molecule has 1 aromatic rings. The Labute approximate surface area is 109 Å². The van der Waals surface area contributed by atoms with Crippen molar-refractivity contribution in [2.45, 2.75) is 40.7 Å². The van der Waals surface area contributed by atoms with Gasteiger partial charge in [0, 0.05) is 24.0 Å². The second-order valence-corrected chi connectivity index (χ2v) is 4.64. The highest BCUT2D eigenvalue weighted by atomic mass is 16.1. The minimum atomic E-state index is 0.0275. The number of carbonyl (C=O) groups excluding carboxylic acids is 1. The molecule has 4 nitrogen and oxygen atoms in total. The molecule has 0 aliphatic carbocycles. The van der Waals surface area contributed by atoms with E-state index in [1.165, 1.54) is 11.1 Å². The highest BCUT2D eigenvalue weighted by molar-refractivity contribution is 5.77. The molecule has 0 fully saturated rings. The standard InChI is InChI=1S/C14H23N3O/c1-6-15-13(18)8-16-11(4)14-9(2)7-10(3)17-12(14)5/h7,11,16H,6,8H2,1-5H3,(H,15,18).